The first-order valence-electron chi connectivity index (χ1n) is 27.8. The highest BCUT2D eigenvalue weighted by Crippen LogP contribution is 2.29. The summed E-state index contributed by atoms with van der Waals surface area (Å²) in [6.45, 7) is 15.4. The topological polar surface area (TPSA) is 279 Å². The average Bonchev–Trinajstić information content (AvgIpc) is 4.12. The SMILES string of the molecule is CCCC[C@H](NC(C)C)C(=O)N[C@H]1CSCc2cc(cc(C(C)C)c2)CSC[C@@H](C(=O)C(C)C)NC(=O)[C@H](Cc2ccccc2)NC(=O)[C@H](CCC(N)=O)NC(=O)[C@H]([C@@H](C)O)NC(=O)[C@@H]2CCCN2C(=O)[C@@H]2CCCN2C1=O. The van der Waals surface area contributed by atoms with Crippen LogP contribution < -0.4 is 37.6 Å². The number of amides is 8. The van der Waals surface area contributed by atoms with Gasteiger partial charge >= 0.3 is 0 Å². The van der Waals surface area contributed by atoms with E-state index < -0.39 is 102 Å². The molecule has 0 radical (unpaired) electrons. The molecule has 3 aliphatic heterocycles. The molecule has 5 rings (SSSR count). The minimum atomic E-state index is -1.65. The molecule has 2 saturated heterocycles. The second-order valence-electron chi connectivity index (χ2n) is 21.9. The van der Waals surface area contributed by atoms with Crippen LogP contribution in [0.2, 0.25) is 0 Å². The number of thioether (sulfide) groups is 2. The Kier molecular flexibility index (Phi) is 25.0. The van der Waals surface area contributed by atoms with Gasteiger partial charge in [-0.25, -0.2) is 0 Å². The van der Waals surface area contributed by atoms with Crippen molar-refractivity contribution in [3.8, 4) is 0 Å². The van der Waals surface area contributed by atoms with E-state index in [0.717, 1.165) is 29.5 Å². The zero-order valence-electron chi connectivity index (χ0n) is 46.8. The average molecular weight is 1120 g/mol. The van der Waals surface area contributed by atoms with Gasteiger partial charge in [0.1, 0.15) is 36.3 Å². The van der Waals surface area contributed by atoms with Crippen molar-refractivity contribution < 1.29 is 48.3 Å². The lowest BCUT2D eigenvalue weighted by Crippen LogP contribution is -2.61. The van der Waals surface area contributed by atoms with Gasteiger partial charge in [0.15, 0.2) is 5.78 Å². The zero-order chi connectivity index (χ0) is 57.2. The number of Topliss-reactive ketones (excluding diaryl/α,β-unsaturated/α-hetero) is 1. The number of carbonyl (C=O) groups excluding carboxylic acids is 9. The van der Waals surface area contributed by atoms with Crippen LogP contribution >= 0.6 is 23.5 Å². The molecule has 2 bridgehead atoms. The van der Waals surface area contributed by atoms with Crippen LogP contribution in [-0.2, 0) is 61.1 Å². The summed E-state index contributed by atoms with van der Waals surface area (Å²) in [7, 11) is 0. The molecule has 2 aromatic rings. The van der Waals surface area contributed by atoms with Crippen LogP contribution in [0, 0.1) is 5.92 Å². The molecule has 0 aromatic heterocycles. The number of nitrogens with two attached hydrogens (primary N) is 1. The Morgan fingerprint density at radius 1 is 0.744 bits per heavy atom. The fourth-order valence-electron chi connectivity index (χ4n) is 10.1. The van der Waals surface area contributed by atoms with E-state index in [4.69, 9.17) is 5.73 Å². The van der Waals surface area contributed by atoms with Crippen LogP contribution in [0.25, 0.3) is 0 Å². The minimum absolute atomic E-state index is 0.00619. The van der Waals surface area contributed by atoms with Crippen molar-refractivity contribution in [1.82, 2.24) is 41.7 Å². The van der Waals surface area contributed by atoms with Gasteiger partial charge in [0.25, 0.3) is 0 Å². The molecular weight excluding hydrogens is 1030 g/mol. The summed E-state index contributed by atoms with van der Waals surface area (Å²) in [6, 6.07) is 6.30. The fourth-order valence-corrected chi connectivity index (χ4v) is 12.1. The van der Waals surface area contributed by atoms with Gasteiger partial charge in [-0.2, -0.15) is 23.5 Å². The molecule has 9 atom stereocenters. The summed E-state index contributed by atoms with van der Waals surface area (Å²) in [6.07, 6.45) is 1.53. The second-order valence-corrected chi connectivity index (χ2v) is 23.9. The molecule has 0 unspecified atom stereocenters. The van der Waals surface area contributed by atoms with E-state index in [1.54, 1.807) is 44.2 Å². The predicted octanol–water partition coefficient (Wildman–Crippen LogP) is 3.37. The first kappa shape index (κ1) is 63.3. The van der Waals surface area contributed by atoms with Crippen molar-refractivity contribution in [2.45, 2.75) is 198 Å². The largest absolute Gasteiger partial charge is 0.391 e. The monoisotopic (exact) mass is 1120 g/mol. The van der Waals surface area contributed by atoms with Gasteiger partial charge in [-0.05, 0) is 73.6 Å². The van der Waals surface area contributed by atoms with Crippen LogP contribution in [0.3, 0.4) is 0 Å². The van der Waals surface area contributed by atoms with E-state index in [2.05, 4.69) is 63.9 Å². The molecule has 0 saturated carbocycles. The van der Waals surface area contributed by atoms with Crippen molar-refractivity contribution in [3.63, 3.8) is 0 Å². The molecule has 3 aliphatic rings. The summed E-state index contributed by atoms with van der Waals surface area (Å²) in [4.78, 5) is 130. The Labute approximate surface area is 469 Å². The highest BCUT2D eigenvalue weighted by Gasteiger charge is 2.45. The van der Waals surface area contributed by atoms with Gasteiger partial charge in [-0.1, -0.05) is 110 Å². The summed E-state index contributed by atoms with van der Waals surface area (Å²) in [5.41, 5.74) is 9.27. The van der Waals surface area contributed by atoms with Crippen molar-refractivity contribution in [2.24, 2.45) is 11.7 Å². The molecule has 21 heteroatoms. The molecule has 78 heavy (non-hydrogen) atoms. The third-order valence-electron chi connectivity index (χ3n) is 14.3. The highest BCUT2D eigenvalue weighted by atomic mass is 32.2. The lowest BCUT2D eigenvalue weighted by atomic mass is 9.99. The van der Waals surface area contributed by atoms with Crippen molar-refractivity contribution in [1.29, 1.82) is 0 Å². The molecule has 0 spiro atoms. The lowest BCUT2D eigenvalue weighted by molar-refractivity contribution is -0.148. The van der Waals surface area contributed by atoms with Crippen molar-refractivity contribution in [3.05, 3.63) is 70.8 Å². The summed E-state index contributed by atoms with van der Waals surface area (Å²) < 4.78 is 0. The van der Waals surface area contributed by atoms with Gasteiger partial charge in [0.2, 0.25) is 47.3 Å². The number of nitrogens with zero attached hydrogens (tertiary/aromatic N) is 2. The molecular formula is C57H85N9O10S2. The number of nitrogens with one attached hydrogen (secondary N) is 6. The van der Waals surface area contributed by atoms with E-state index >= 15 is 0 Å². The number of hydrogen-bond acceptors (Lipinski definition) is 13. The quantitative estimate of drug-likeness (QED) is 0.120. The number of carbonyl (C=O) groups is 9. The zero-order valence-corrected chi connectivity index (χ0v) is 48.4. The van der Waals surface area contributed by atoms with Crippen LogP contribution in [0.15, 0.2) is 48.5 Å². The summed E-state index contributed by atoms with van der Waals surface area (Å²) in [5.74, 6) is -4.34. The lowest BCUT2D eigenvalue weighted by Gasteiger charge is -2.34. The number of primary amides is 1. The Morgan fingerprint density at radius 3 is 1.94 bits per heavy atom. The molecule has 9 N–H and O–H groups in total. The Morgan fingerprint density at radius 2 is 1.35 bits per heavy atom. The van der Waals surface area contributed by atoms with Crippen LogP contribution in [0.4, 0.5) is 0 Å². The summed E-state index contributed by atoms with van der Waals surface area (Å²) in [5, 5.41) is 28.3. The molecule has 2 aromatic carbocycles. The fraction of sp³-hybridized carbons (Fsp3) is 0.632. The maximum absolute atomic E-state index is 14.9. The van der Waals surface area contributed by atoms with Gasteiger partial charge < -0.3 is 52.5 Å². The number of aliphatic hydroxyl groups excluding tert-OH is 1. The van der Waals surface area contributed by atoms with Crippen LogP contribution in [0.5, 0.6) is 0 Å². The number of rotatable bonds is 16. The number of ketones is 1. The number of unbranched alkanes of at least 4 members (excludes halogenated alkanes) is 1. The van der Waals surface area contributed by atoms with Gasteiger partial charge in [-0.15, -0.1) is 0 Å². The van der Waals surface area contributed by atoms with Crippen LogP contribution in [-0.4, -0.2) is 153 Å². The maximum Gasteiger partial charge on any atom is 0.246 e. The molecule has 430 valence electrons. The number of fused-ring (bicyclic) bond motifs is 4. The van der Waals surface area contributed by atoms with Crippen molar-refractivity contribution in [2.75, 3.05) is 24.6 Å². The number of aliphatic hydroxyl groups is 1. The Bertz CT molecular complexity index is 2410. The molecule has 0 aliphatic carbocycles. The molecule has 3 heterocycles. The molecule has 2 fully saturated rings. The van der Waals surface area contributed by atoms with Gasteiger partial charge in [0, 0.05) is 60.9 Å². The normalized spacial score (nSPS) is 24.5. The smallest absolute Gasteiger partial charge is 0.246 e. The second kappa shape index (κ2) is 30.7. The van der Waals surface area contributed by atoms with Gasteiger partial charge in [0.05, 0.1) is 18.2 Å². The van der Waals surface area contributed by atoms with Crippen molar-refractivity contribution >= 4 is 76.6 Å². The van der Waals surface area contributed by atoms with E-state index in [1.807, 2.05) is 20.8 Å². The third kappa shape index (κ3) is 18.5. The number of hydrogen-bond donors (Lipinski definition) is 8. The first-order valence-corrected chi connectivity index (χ1v) is 30.1. The highest BCUT2D eigenvalue weighted by molar-refractivity contribution is 7.98. The van der Waals surface area contributed by atoms with E-state index in [-0.39, 0.29) is 73.9 Å². The first-order chi connectivity index (χ1) is 37.1. The van der Waals surface area contributed by atoms with E-state index in [0.29, 0.717) is 42.8 Å². The third-order valence-corrected chi connectivity index (χ3v) is 16.6. The standard InChI is InChI=1S/C57H85N9O10S2/c1-9-10-18-41(59-35(6)7)51(70)63-45-32-78-30-39-25-38(26-40(27-39)33(2)3)29-77-31-44(50(69)34(4)5)62-53(72)43(28-37-16-12-11-13-17-37)61-52(71)42(21-22-48(58)68)60-55(74)49(36(8)67)64-54(73)46-19-14-23-65(46)57(76)47-20-15-24-66(47)56(45)75/h11-13,16-17,25-27,33-36,41-47,49,59,67H,9-10,14-15,18-24,28-32H2,1-8H3,(H2,58,68)(H,60,74)(H,61,71)(H,62,72)(H,63,70)(H,64,73)/t36-,41+,42+,43+,44+,45+,46+,47+,49+/m1/s1. The van der Waals surface area contributed by atoms with E-state index in [1.165, 1.54) is 40.2 Å². The van der Waals surface area contributed by atoms with Gasteiger partial charge in [-0.3, -0.25) is 43.2 Å². The minimum Gasteiger partial charge on any atom is -0.391 e. The van der Waals surface area contributed by atoms with E-state index in [9.17, 15) is 48.3 Å². The molecule has 8 amide bonds. The number of benzene rings is 2. The Balaban J connectivity index is 1.56. The Hall–Kier alpha value is -5.51. The predicted molar refractivity (Wildman–Crippen MR) is 304 cm³/mol. The van der Waals surface area contributed by atoms with Crippen LogP contribution in [0.1, 0.15) is 141 Å². The maximum atomic E-state index is 14.9. The summed E-state index contributed by atoms with van der Waals surface area (Å²) >= 11 is 2.95. The molecule has 19 nitrogen and oxygen atoms in total.